The summed E-state index contributed by atoms with van der Waals surface area (Å²) in [7, 11) is 0. The molecule has 0 aromatic carbocycles. The zero-order chi connectivity index (χ0) is 12.2. The van der Waals surface area contributed by atoms with Crippen LogP contribution in [0, 0.1) is 12.3 Å². The Bertz CT molecular complexity index is 224. The molecule has 3 N–H and O–H groups in total. The van der Waals surface area contributed by atoms with Crippen LogP contribution in [0.15, 0.2) is 0 Å². The van der Waals surface area contributed by atoms with Crippen LogP contribution in [-0.2, 0) is 4.79 Å². The molecule has 0 rings (SSSR count). The van der Waals surface area contributed by atoms with E-state index in [2.05, 4.69) is 16.6 Å². The van der Waals surface area contributed by atoms with Crippen molar-refractivity contribution in [2.24, 2.45) is 0 Å². The summed E-state index contributed by atoms with van der Waals surface area (Å²) in [6.45, 7) is 3.18. The van der Waals surface area contributed by atoms with Crippen molar-refractivity contribution in [2.45, 2.75) is 38.6 Å². The van der Waals surface area contributed by atoms with E-state index in [0.717, 1.165) is 32.2 Å². The van der Waals surface area contributed by atoms with Gasteiger partial charge in [0.15, 0.2) is 0 Å². The van der Waals surface area contributed by atoms with Crippen molar-refractivity contribution in [3.63, 3.8) is 0 Å². The Balaban J connectivity index is 3.39. The second kappa shape index (κ2) is 10.5. The fourth-order valence-electron chi connectivity index (χ4n) is 1.29. The number of nitrogens with one attached hydrogen (secondary N) is 2. The van der Waals surface area contributed by atoms with E-state index in [4.69, 9.17) is 11.5 Å². The molecule has 4 nitrogen and oxygen atoms in total. The molecule has 0 heterocycles. The molecule has 0 saturated heterocycles. The van der Waals surface area contributed by atoms with Gasteiger partial charge in [-0.15, -0.1) is 6.42 Å². The van der Waals surface area contributed by atoms with Gasteiger partial charge in [0.1, 0.15) is 0 Å². The second-order valence-electron chi connectivity index (χ2n) is 3.74. The Morgan fingerprint density at radius 3 is 2.69 bits per heavy atom. The Hall–Kier alpha value is -1.05. The number of terminal acetylenes is 1. The van der Waals surface area contributed by atoms with Gasteiger partial charge in [0.05, 0.1) is 12.6 Å². The molecule has 0 aromatic heterocycles. The van der Waals surface area contributed by atoms with Crippen molar-refractivity contribution in [1.29, 1.82) is 0 Å². The van der Waals surface area contributed by atoms with Crippen LogP contribution in [0.25, 0.3) is 0 Å². The third kappa shape index (κ3) is 8.27. The number of rotatable bonds is 9. The van der Waals surface area contributed by atoms with Crippen LogP contribution in [0.1, 0.15) is 32.6 Å². The highest BCUT2D eigenvalue weighted by molar-refractivity contribution is 5.81. The summed E-state index contributed by atoms with van der Waals surface area (Å²) >= 11 is 0. The lowest BCUT2D eigenvalue weighted by Gasteiger charge is -2.12. The molecule has 16 heavy (non-hydrogen) atoms. The van der Waals surface area contributed by atoms with Crippen LogP contribution in [-0.4, -0.2) is 36.8 Å². The fourth-order valence-corrected chi connectivity index (χ4v) is 1.29. The van der Waals surface area contributed by atoms with Gasteiger partial charge < -0.3 is 15.7 Å². The number of carbonyl (C=O) groups excluding carboxylic acids is 1. The molecule has 4 heteroatoms. The minimum absolute atomic E-state index is 0.0618. The molecule has 0 aliphatic rings. The Kier molecular flexibility index (Phi) is 9.78. The number of aliphatic hydroxyl groups is 1. The van der Waals surface area contributed by atoms with Gasteiger partial charge in [-0.1, -0.05) is 18.8 Å². The Morgan fingerprint density at radius 2 is 2.06 bits per heavy atom. The smallest absolute Gasteiger partial charge is 0.237 e. The maximum absolute atomic E-state index is 11.4. The first kappa shape index (κ1) is 14.9. The topological polar surface area (TPSA) is 61.4 Å². The third-order valence-corrected chi connectivity index (χ3v) is 2.29. The molecule has 0 fully saturated rings. The van der Waals surface area contributed by atoms with Crippen molar-refractivity contribution < 1.29 is 9.90 Å². The first-order valence-corrected chi connectivity index (χ1v) is 5.77. The monoisotopic (exact) mass is 226 g/mol. The number of carbonyl (C=O) groups is 1. The second-order valence-corrected chi connectivity index (χ2v) is 3.74. The number of unbranched alkanes of at least 4 members (excludes halogenated alkanes) is 3. The van der Waals surface area contributed by atoms with Crippen LogP contribution >= 0.6 is 0 Å². The average Bonchev–Trinajstić information content (AvgIpc) is 2.30. The first-order chi connectivity index (χ1) is 7.72. The normalized spacial score (nSPS) is 11.8. The summed E-state index contributed by atoms with van der Waals surface area (Å²) in [5.41, 5.74) is 0. The molecule has 0 saturated carbocycles. The van der Waals surface area contributed by atoms with Gasteiger partial charge in [-0.05, 0) is 26.3 Å². The van der Waals surface area contributed by atoms with Gasteiger partial charge in [-0.25, -0.2) is 0 Å². The van der Waals surface area contributed by atoms with Crippen LogP contribution in [0.2, 0.25) is 0 Å². The number of hydrogen-bond acceptors (Lipinski definition) is 3. The predicted octanol–water partition coefficient (Wildman–Crippen LogP) is 0.267. The van der Waals surface area contributed by atoms with Crippen molar-refractivity contribution in [1.82, 2.24) is 10.6 Å². The van der Waals surface area contributed by atoms with Crippen LogP contribution in [0.3, 0.4) is 0 Å². The molecule has 1 atom stereocenters. The van der Waals surface area contributed by atoms with E-state index in [1.807, 2.05) is 6.92 Å². The molecule has 0 aliphatic carbocycles. The summed E-state index contributed by atoms with van der Waals surface area (Å²) in [5.74, 6) is 2.30. The van der Waals surface area contributed by atoms with Crippen molar-refractivity contribution in [3.8, 4) is 12.3 Å². The van der Waals surface area contributed by atoms with Gasteiger partial charge in [-0.3, -0.25) is 4.79 Å². The number of hydrogen-bond donors (Lipinski definition) is 3. The van der Waals surface area contributed by atoms with Crippen LogP contribution in [0.4, 0.5) is 0 Å². The zero-order valence-corrected chi connectivity index (χ0v) is 9.96. The molecule has 0 bridgehead atoms. The molecule has 92 valence electrons. The molecule has 1 unspecified atom stereocenters. The minimum Gasteiger partial charge on any atom is -0.396 e. The molecule has 0 aromatic rings. The lowest BCUT2D eigenvalue weighted by molar-refractivity contribution is -0.122. The fraction of sp³-hybridized carbons (Fsp3) is 0.750. The van der Waals surface area contributed by atoms with Gasteiger partial charge in [0, 0.05) is 6.61 Å². The van der Waals surface area contributed by atoms with Crippen molar-refractivity contribution in [2.75, 3.05) is 19.7 Å². The lowest BCUT2D eigenvalue weighted by Crippen LogP contribution is -2.42. The highest BCUT2D eigenvalue weighted by Crippen LogP contribution is 1.97. The van der Waals surface area contributed by atoms with E-state index in [1.54, 1.807) is 0 Å². The lowest BCUT2D eigenvalue weighted by atomic mass is 10.2. The summed E-state index contributed by atoms with van der Waals surface area (Å²) in [5, 5.41) is 14.3. The van der Waals surface area contributed by atoms with Gasteiger partial charge in [-0.2, -0.15) is 0 Å². The minimum atomic E-state index is -0.203. The van der Waals surface area contributed by atoms with Gasteiger partial charge in [0.25, 0.3) is 0 Å². The molecule has 1 amide bonds. The summed E-state index contributed by atoms with van der Waals surface area (Å²) in [4.78, 5) is 11.4. The number of amides is 1. The third-order valence-electron chi connectivity index (χ3n) is 2.29. The largest absolute Gasteiger partial charge is 0.396 e. The van der Waals surface area contributed by atoms with E-state index in [9.17, 15) is 4.79 Å². The molecule has 0 spiro atoms. The van der Waals surface area contributed by atoms with Crippen LogP contribution < -0.4 is 10.6 Å². The summed E-state index contributed by atoms with van der Waals surface area (Å²) in [6, 6.07) is -0.203. The zero-order valence-electron chi connectivity index (χ0n) is 9.96. The van der Waals surface area contributed by atoms with Gasteiger partial charge in [0.2, 0.25) is 5.91 Å². The summed E-state index contributed by atoms with van der Waals surface area (Å²) in [6.07, 6.45) is 9.03. The number of aliphatic hydroxyl groups excluding tert-OH is 1. The van der Waals surface area contributed by atoms with Crippen molar-refractivity contribution in [3.05, 3.63) is 0 Å². The quantitative estimate of drug-likeness (QED) is 0.390. The molecule has 0 radical (unpaired) electrons. The summed E-state index contributed by atoms with van der Waals surface area (Å²) < 4.78 is 0. The van der Waals surface area contributed by atoms with Crippen molar-refractivity contribution >= 4 is 5.91 Å². The molecule has 0 aliphatic heterocycles. The highest BCUT2D eigenvalue weighted by atomic mass is 16.2. The van der Waals surface area contributed by atoms with E-state index in [-0.39, 0.29) is 25.1 Å². The maximum atomic E-state index is 11.4. The molecular formula is C12H22N2O2. The van der Waals surface area contributed by atoms with E-state index in [1.165, 1.54) is 0 Å². The Morgan fingerprint density at radius 1 is 1.38 bits per heavy atom. The van der Waals surface area contributed by atoms with E-state index >= 15 is 0 Å². The van der Waals surface area contributed by atoms with Crippen LogP contribution in [0.5, 0.6) is 0 Å². The standard InChI is InChI=1S/C12H22N2O2/c1-3-8-14-12(16)11(2)13-9-6-4-5-7-10-15/h1,11,13,15H,4-10H2,2H3,(H,14,16). The molecular weight excluding hydrogens is 204 g/mol. The van der Waals surface area contributed by atoms with E-state index in [0.29, 0.717) is 0 Å². The first-order valence-electron chi connectivity index (χ1n) is 5.77. The highest BCUT2D eigenvalue weighted by Gasteiger charge is 2.09. The SMILES string of the molecule is C#CCNC(=O)C(C)NCCCCCCO. The maximum Gasteiger partial charge on any atom is 0.237 e. The average molecular weight is 226 g/mol. The Labute approximate surface area is 97.8 Å². The predicted molar refractivity (Wildman–Crippen MR) is 64.9 cm³/mol. The van der Waals surface area contributed by atoms with E-state index < -0.39 is 0 Å². The van der Waals surface area contributed by atoms with Gasteiger partial charge >= 0.3 is 0 Å².